The monoisotopic (exact) mass is 247 g/mol. The summed E-state index contributed by atoms with van der Waals surface area (Å²) in [4.78, 5) is 4.63. The van der Waals surface area contributed by atoms with E-state index in [4.69, 9.17) is 4.74 Å². The van der Waals surface area contributed by atoms with E-state index in [9.17, 15) is 0 Å². The number of rotatable bonds is 3. The highest BCUT2D eigenvalue weighted by Gasteiger charge is 2.10. The predicted octanol–water partition coefficient (Wildman–Crippen LogP) is 4.00. The summed E-state index contributed by atoms with van der Waals surface area (Å²) < 4.78 is 5.33. The molecule has 0 aliphatic carbocycles. The average Bonchev–Trinajstić information content (AvgIpc) is 2.81. The summed E-state index contributed by atoms with van der Waals surface area (Å²) in [6.45, 7) is 6.34. The molecule has 0 aliphatic rings. The van der Waals surface area contributed by atoms with Gasteiger partial charge in [0, 0.05) is 10.9 Å². The Hall–Kier alpha value is -1.35. The summed E-state index contributed by atoms with van der Waals surface area (Å²) in [5, 5.41) is 3.32. The molecule has 2 aromatic rings. The molecule has 1 aromatic carbocycles. The van der Waals surface area contributed by atoms with E-state index in [-0.39, 0.29) is 0 Å². The molecule has 0 bridgehead atoms. The highest BCUT2D eigenvalue weighted by Crippen LogP contribution is 2.31. The molecule has 0 radical (unpaired) electrons. The Labute approximate surface area is 106 Å². The standard InChI is InChI=1S/C14H17NOS/c1-5-14-15-12(8-17-14)11-6-7-13(16-4)10(3)9(11)2/h6-8H,5H2,1-4H3. The second-order valence-corrected chi connectivity index (χ2v) is 4.99. The Bertz CT molecular complexity index is 531. The van der Waals surface area contributed by atoms with Gasteiger partial charge in [-0.15, -0.1) is 11.3 Å². The molecule has 1 aromatic heterocycles. The smallest absolute Gasteiger partial charge is 0.122 e. The van der Waals surface area contributed by atoms with E-state index in [2.05, 4.69) is 37.2 Å². The molecule has 1 heterocycles. The van der Waals surface area contributed by atoms with Gasteiger partial charge in [-0.2, -0.15) is 0 Å². The van der Waals surface area contributed by atoms with Gasteiger partial charge in [0.05, 0.1) is 17.8 Å². The minimum absolute atomic E-state index is 0.942. The lowest BCUT2D eigenvalue weighted by Gasteiger charge is -2.10. The van der Waals surface area contributed by atoms with Gasteiger partial charge < -0.3 is 4.74 Å². The molecular formula is C14H17NOS. The highest BCUT2D eigenvalue weighted by atomic mass is 32.1. The van der Waals surface area contributed by atoms with E-state index < -0.39 is 0 Å². The molecule has 0 unspecified atom stereocenters. The molecule has 0 saturated carbocycles. The van der Waals surface area contributed by atoms with Crippen LogP contribution in [-0.2, 0) is 6.42 Å². The van der Waals surface area contributed by atoms with Gasteiger partial charge in [-0.3, -0.25) is 0 Å². The molecular weight excluding hydrogens is 230 g/mol. The molecule has 0 saturated heterocycles. The first-order chi connectivity index (χ1) is 8.17. The maximum atomic E-state index is 5.33. The first-order valence-electron chi connectivity index (χ1n) is 5.76. The molecule has 2 nitrogen and oxygen atoms in total. The van der Waals surface area contributed by atoms with Crippen molar-refractivity contribution in [3.8, 4) is 17.0 Å². The van der Waals surface area contributed by atoms with Gasteiger partial charge in [0.15, 0.2) is 0 Å². The number of thiazole rings is 1. The summed E-state index contributed by atoms with van der Waals surface area (Å²) >= 11 is 1.73. The summed E-state index contributed by atoms with van der Waals surface area (Å²) in [5.41, 5.74) is 4.72. The fourth-order valence-electron chi connectivity index (χ4n) is 1.89. The van der Waals surface area contributed by atoms with Gasteiger partial charge in [0.2, 0.25) is 0 Å². The van der Waals surface area contributed by atoms with Crippen LogP contribution in [0.15, 0.2) is 17.5 Å². The number of aryl methyl sites for hydroxylation is 1. The molecule has 0 fully saturated rings. The van der Waals surface area contributed by atoms with E-state index >= 15 is 0 Å². The lowest BCUT2D eigenvalue weighted by molar-refractivity contribution is 0.411. The summed E-state index contributed by atoms with van der Waals surface area (Å²) in [5.74, 6) is 0.942. The minimum atomic E-state index is 0.942. The second kappa shape index (κ2) is 4.88. The van der Waals surface area contributed by atoms with E-state index in [0.717, 1.165) is 17.9 Å². The molecule has 2 rings (SSSR count). The topological polar surface area (TPSA) is 22.1 Å². The van der Waals surface area contributed by atoms with Gasteiger partial charge in [-0.25, -0.2) is 4.98 Å². The Balaban J connectivity index is 2.49. The van der Waals surface area contributed by atoms with Gasteiger partial charge in [0.25, 0.3) is 0 Å². The second-order valence-electron chi connectivity index (χ2n) is 4.05. The van der Waals surface area contributed by atoms with Crippen LogP contribution in [0.25, 0.3) is 11.3 Å². The third-order valence-electron chi connectivity index (χ3n) is 3.09. The first-order valence-corrected chi connectivity index (χ1v) is 6.64. The van der Waals surface area contributed by atoms with E-state index in [1.165, 1.54) is 21.7 Å². The summed E-state index contributed by atoms with van der Waals surface area (Å²) in [6, 6.07) is 4.11. The van der Waals surface area contributed by atoms with Gasteiger partial charge in [-0.05, 0) is 43.5 Å². The largest absolute Gasteiger partial charge is 0.496 e. The molecule has 3 heteroatoms. The zero-order chi connectivity index (χ0) is 12.4. The minimum Gasteiger partial charge on any atom is -0.496 e. The molecule has 17 heavy (non-hydrogen) atoms. The fourth-order valence-corrected chi connectivity index (χ4v) is 2.64. The lowest BCUT2D eigenvalue weighted by atomic mass is 10.0. The van der Waals surface area contributed by atoms with Crippen molar-refractivity contribution in [1.82, 2.24) is 4.98 Å². The Morgan fingerprint density at radius 3 is 2.59 bits per heavy atom. The predicted molar refractivity (Wildman–Crippen MR) is 73.0 cm³/mol. The lowest BCUT2D eigenvalue weighted by Crippen LogP contribution is -1.93. The van der Waals surface area contributed by atoms with Crippen molar-refractivity contribution in [3.05, 3.63) is 33.6 Å². The molecule has 90 valence electrons. The van der Waals surface area contributed by atoms with E-state index in [1.54, 1.807) is 18.4 Å². The van der Waals surface area contributed by atoms with Crippen LogP contribution in [0.2, 0.25) is 0 Å². The zero-order valence-corrected chi connectivity index (χ0v) is 11.5. The van der Waals surface area contributed by atoms with Crippen LogP contribution in [0.4, 0.5) is 0 Å². The first kappa shape index (κ1) is 12.1. The Morgan fingerprint density at radius 2 is 2.00 bits per heavy atom. The Kier molecular flexibility index (Phi) is 3.48. The van der Waals surface area contributed by atoms with Crippen molar-refractivity contribution < 1.29 is 4.74 Å². The zero-order valence-electron chi connectivity index (χ0n) is 10.7. The van der Waals surface area contributed by atoms with Crippen LogP contribution in [0.3, 0.4) is 0 Å². The molecule has 0 amide bonds. The number of nitrogens with zero attached hydrogens (tertiary/aromatic N) is 1. The van der Waals surface area contributed by atoms with Crippen molar-refractivity contribution in [2.24, 2.45) is 0 Å². The van der Waals surface area contributed by atoms with Crippen LogP contribution in [0, 0.1) is 13.8 Å². The van der Waals surface area contributed by atoms with Crippen LogP contribution >= 0.6 is 11.3 Å². The van der Waals surface area contributed by atoms with Crippen molar-refractivity contribution in [3.63, 3.8) is 0 Å². The number of hydrogen-bond donors (Lipinski definition) is 0. The van der Waals surface area contributed by atoms with Crippen LogP contribution in [-0.4, -0.2) is 12.1 Å². The normalized spacial score (nSPS) is 10.6. The van der Waals surface area contributed by atoms with Gasteiger partial charge in [0.1, 0.15) is 5.75 Å². The number of methoxy groups -OCH3 is 1. The van der Waals surface area contributed by atoms with E-state index in [0.29, 0.717) is 0 Å². The SMILES string of the molecule is CCc1nc(-c2ccc(OC)c(C)c2C)cs1. The highest BCUT2D eigenvalue weighted by molar-refractivity contribution is 7.09. The van der Waals surface area contributed by atoms with Gasteiger partial charge in [-0.1, -0.05) is 6.92 Å². The number of hydrogen-bond acceptors (Lipinski definition) is 3. The van der Waals surface area contributed by atoms with Crippen molar-refractivity contribution >= 4 is 11.3 Å². The molecule has 0 aliphatic heterocycles. The third kappa shape index (κ3) is 2.20. The van der Waals surface area contributed by atoms with Crippen LogP contribution in [0.5, 0.6) is 5.75 Å². The number of aromatic nitrogens is 1. The van der Waals surface area contributed by atoms with E-state index in [1.807, 2.05) is 6.07 Å². The third-order valence-corrected chi connectivity index (χ3v) is 4.08. The van der Waals surface area contributed by atoms with Crippen molar-refractivity contribution in [2.75, 3.05) is 7.11 Å². The average molecular weight is 247 g/mol. The van der Waals surface area contributed by atoms with Crippen LogP contribution in [0.1, 0.15) is 23.1 Å². The molecule has 0 spiro atoms. The van der Waals surface area contributed by atoms with Crippen LogP contribution < -0.4 is 4.74 Å². The summed E-state index contributed by atoms with van der Waals surface area (Å²) in [6.07, 6.45) is 0.999. The van der Waals surface area contributed by atoms with Crippen molar-refractivity contribution in [2.45, 2.75) is 27.2 Å². The molecule has 0 N–H and O–H groups in total. The Morgan fingerprint density at radius 1 is 1.24 bits per heavy atom. The quantitative estimate of drug-likeness (QED) is 0.818. The maximum absolute atomic E-state index is 5.33. The fraction of sp³-hybridized carbons (Fsp3) is 0.357. The number of ether oxygens (including phenoxy) is 1. The summed E-state index contributed by atoms with van der Waals surface area (Å²) in [7, 11) is 1.71. The maximum Gasteiger partial charge on any atom is 0.122 e. The number of benzene rings is 1. The van der Waals surface area contributed by atoms with Gasteiger partial charge >= 0.3 is 0 Å². The van der Waals surface area contributed by atoms with Crippen molar-refractivity contribution in [1.29, 1.82) is 0 Å². The molecule has 0 atom stereocenters.